The summed E-state index contributed by atoms with van der Waals surface area (Å²) in [6, 6.07) is 2.23. The number of hydrogen-bond donors (Lipinski definition) is 0. The lowest BCUT2D eigenvalue weighted by Gasteiger charge is -2.28. The second kappa shape index (κ2) is 3.54. The van der Waals surface area contributed by atoms with E-state index in [4.69, 9.17) is 5.26 Å². The summed E-state index contributed by atoms with van der Waals surface area (Å²) < 4.78 is 0. The zero-order valence-corrected chi connectivity index (χ0v) is 7.81. The summed E-state index contributed by atoms with van der Waals surface area (Å²) in [5.74, 6) is 0. The van der Waals surface area contributed by atoms with Gasteiger partial charge < -0.3 is 0 Å². The molecule has 0 N–H and O–H groups in total. The lowest BCUT2D eigenvalue weighted by molar-refractivity contribution is 0.229. The Labute approximate surface area is 69.1 Å². The molecule has 0 saturated carbocycles. The first-order valence-electron chi connectivity index (χ1n) is 3.67. The van der Waals surface area contributed by atoms with Crippen LogP contribution in [0.5, 0.6) is 0 Å². The Morgan fingerprint density at radius 3 is 2.36 bits per heavy atom. The molecule has 0 saturated heterocycles. The smallest absolute Gasteiger partial charge is 0.103 e. The van der Waals surface area contributed by atoms with Crippen LogP contribution in [0.1, 0.15) is 20.8 Å². The second-order valence-electron chi connectivity index (χ2n) is 3.48. The molecule has 0 spiro atoms. The maximum absolute atomic E-state index is 8.76. The molecule has 0 radical (unpaired) electrons. The SMILES string of the molecule is C=C(C)CN(C)C(C)(C)C#N. The Balaban J connectivity index is 4.15. The lowest BCUT2D eigenvalue weighted by Crippen LogP contribution is -2.40. The molecule has 2 nitrogen and oxygen atoms in total. The van der Waals surface area contributed by atoms with E-state index in [1.165, 1.54) is 0 Å². The number of nitrogens with zero attached hydrogens (tertiary/aromatic N) is 2. The second-order valence-corrected chi connectivity index (χ2v) is 3.48. The van der Waals surface area contributed by atoms with E-state index in [1.54, 1.807) is 0 Å². The van der Waals surface area contributed by atoms with E-state index in [-0.39, 0.29) is 5.54 Å². The largest absolute Gasteiger partial charge is 0.285 e. The fourth-order valence-corrected chi connectivity index (χ4v) is 0.688. The van der Waals surface area contributed by atoms with Gasteiger partial charge in [-0.05, 0) is 27.8 Å². The zero-order valence-electron chi connectivity index (χ0n) is 7.81. The van der Waals surface area contributed by atoms with E-state index in [2.05, 4.69) is 12.6 Å². The van der Waals surface area contributed by atoms with Gasteiger partial charge in [0.1, 0.15) is 5.54 Å². The first kappa shape index (κ1) is 10.2. The molecule has 0 fully saturated rings. The highest BCUT2D eigenvalue weighted by molar-refractivity contribution is 5.04. The molecule has 0 atom stereocenters. The van der Waals surface area contributed by atoms with Gasteiger partial charge in [0.15, 0.2) is 0 Å². The predicted molar refractivity (Wildman–Crippen MR) is 47.1 cm³/mol. The third-order valence-corrected chi connectivity index (χ3v) is 1.73. The topological polar surface area (TPSA) is 27.0 Å². The van der Waals surface area contributed by atoms with Crippen LogP contribution in [0.2, 0.25) is 0 Å². The minimum Gasteiger partial charge on any atom is -0.285 e. The Morgan fingerprint density at radius 1 is 1.64 bits per heavy atom. The van der Waals surface area contributed by atoms with Gasteiger partial charge in [0.2, 0.25) is 0 Å². The summed E-state index contributed by atoms with van der Waals surface area (Å²) in [7, 11) is 1.93. The van der Waals surface area contributed by atoms with Gasteiger partial charge in [-0.3, -0.25) is 4.90 Å². The minimum atomic E-state index is -0.390. The van der Waals surface area contributed by atoms with Gasteiger partial charge in [0.25, 0.3) is 0 Å². The van der Waals surface area contributed by atoms with E-state index in [9.17, 15) is 0 Å². The molecular weight excluding hydrogens is 136 g/mol. The average Bonchev–Trinajstić information content (AvgIpc) is 1.86. The fraction of sp³-hybridized carbons (Fsp3) is 0.667. The molecule has 0 amide bonds. The molecular formula is C9H16N2. The molecule has 0 heterocycles. The average molecular weight is 152 g/mol. The standard InChI is InChI=1S/C9H16N2/c1-8(2)6-11(5)9(3,4)7-10/h1,6H2,2-5H3. The van der Waals surface area contributed by atoms with Crippen molar-refractivity contribution in [1.82, 2.24) is 4.90 Å². The summed E-state index contributed by atoms with van der Waals surface area (Å²) in [6.07, 6.45) is 0. The summed E-state index contributed by atoms with van der Waals surface area (Å²) in [4.78, 5) is 1.98. The fourth-order valence-electron chi connectivity index (χ4n) is 0.688. The van der Waals surface area contributed by atoms with Gasteiger partial charge in [-0.25, -0.2) is 0 Å². The van der Waals surface area contributed by atoms with Crippen molar-refractivity contribution in [2.75, 3.05) is 13.6 Å². The van der Waals surface area contributed by atoms with Gasteiger partial charge in [-0.1, -0.05) is 12.2 Å². The van der Waals surface area contributed by atoms with Gasteiger partial charge >= 0.3 is 0 Å². The number of hydrogen-bond acceptors (Lipinski definition) is 2. The van der Waals surface area contributed by atoms with Crippen molar-refractivity contribution < 1.29 is 0 Å². The molecule has 0 bridgehead atoms. The molecule has 0 aliphatic heterocycles. The summed E-state index contributed by atoms with van der Waals surface area (Å²) in [5, 5.41) is 8.76. The quantitative estimate of drug-likeness (QED) is 0.576. The third-order valence-electron chi connectivity index (χ3n) is 1.73. The van der Waals surface area contributed by atoms with Crippen molar-refractivity contribution in [2.24, 2.45) is 0 Å². The Kier molecular flexibility index (Phi) is 3.28. The highest BCUT2D eigenvalue weighted by Crippen LogP contribution is 2.11. The molecule has 62 valence electrons. The molecule has 0 rings (SSSR count). The van der Waals surface area contributed by atoms with Crippen LogP contribution in [-0.4, -0.2) is 24.0 Å². The van der Waals surface area contributed by atoms with Crippen LogP contribution in [0.25, 0.3) is 0 Å². The summed E-state index contributed by atoms with van der Waals surface area (Å²) >= 11 is 0. The van der Waals surface area contributed by atoms with E-state index < -0.39 is 0 Å². The summed E-state index contributed by atoms with van der Waals surface area (Å²) in [6.45, 7) is 10.3. The van der Waals surface area contributed by atoms with Crippen molar-refractivity contribution in [1.29, 1.82) is 5.26 Å². The van der Waals surface area contributed by atoms with Crippen molar-refractivity contribution in [2.45, 2.75) is 26.3 Å². The van der Waals surface area contributed by atoms with Crippen molar-refractivity contribution in [3.63, 3.8) is 0 Å². The lowest BCUT2D eigenvalue weighted by atomic mass is 10.1. The Bertz CT molecular complexity index is 186. The van der Waals surface area contributed by atoms with Crippen LogP contribution >= 0.6 is 0 Å². The molecule has 0 aliphatic carbocycles. The van der Waals surface area contributed by atoms with Crippen LogP contribution in [-0.2, 0) is 0 Å². The molecule has 0 aromatic carbocycles. The normalized spacial score (nSPS) is 11.3. The molecule has 0 unspecified atom stereocenters. The third kappa shape index (κ3) is 3.20. The Morgan fingerprint density at radius 2 is 2.09 bits per heavy atom. The number of rotatable bonds is 3. The monoisotopic (exact) mass is 152 g/mol. The van der Waals surface area contributed by atoms with Gasteiger partial charge in [-0.15, -0.1) is 0 Å². The first-order chi connectivity index (χ1) is 4.90. The van der Waals surface area contributed by atoms with Crippen LogP contribution < -0.4 is 0 Å². The number of likely N-dealkylation sites (N-methyl/N-ethyl adjacent to an activating group) is 1. The first-order valence-corrected chi connectivity index (χ1v) is 3.67. The van der Waals surface area contributed by atoms with Crippen LogP contribution in [0.4, 0.5) is 0 Å². The minimum absolute atomic E-state index is 0.390. The van der Waals surface area contributed by atoms with Crippen LogP contribution in [0, 0.1) is 11.3 Å². The van der Waals surface area contributed by atoms with Crippen LogP contribution in [0.3, 0.4) is 0 Å². The Hall–Kier alpha value is -0.810. The molecule has 11 heavy (non-hydrogen) atoms. The molecule has 0 aliphatic rings. The highest BCUT2D eigenvalue weighted by atomic mass is 15.2. The van der Waals surface area contributed by atoms with Gasteiger partial charge in [0, 0.05) is 6.54 Å². The van der Waals surface area contributed by atoms with E-state index in [1.807, 2.05) is 32.7 Å². The predicted octanol–water partition coefficient (Wildman–Crippen LogP) is 1.80. The maximum Gasteiger partial charge on any atom is 0.103 e. The van der Waals surface area contributed by atoms with Crippen molar-refractivity contribution in [3.8, 4) is 6.07 Å². The maximum atomic E-state index is 8.76. The van der Waals surface area contributed by atoms with Crippen LogP contribution in [0.15, 0.2) is 12.2 Å². The van der Waals surface area contributed by atoms with Crippen molar-refractivity contribution >= 4 is 0 Å². The van der Waals surface area contributed by atoms with Crippen molar-refractivity contribution in [3.05, 3.63) is 12.2 Å². The van der Waals surface area contributed by atoms with Gasteiger partial charge in [-0.2, -0.15) is 5.26 Å². The molecule has 0 aromatic heterocycles. The van der Waals surface area contributed by atoms with E-state index in [0.717, 1.165) is 12.1 Å². The van der Waals surface area contributed by atoms with E-state index >= 15 is 0 Å². The number of nitriles is 1. The zero-order chi connectivity index (χ0) is 9.07. The molecule has 0 aromatic rings. The summed E-state index contributed by atoms with van der Waals surface area (Å²) in [5.41, 5.74) is 0.690. The highest BCUT2D eigenvalue weighted by Gasteiger charge is 2.21. The molecule has 2 heteroatoms. The van der Waals surface area contributed by atoms with Gasteiger partial charge in [0.05, 0.1) is 6.07 Å². The van der Waals surface area contributed by atoms with E-state index in [0.29, 0.717) is 0 Å².